The van der Waals surface area contributed by atoms with Gasteiger partial charge in [0.25, 0.3) is 10.0 Å². The third kappa shape index (κ3) is 7.01. The molecule has 2 heterocycles. The SMILES string of the molecule is Cc1nc(S(=O)(=O)NCCc2c(CCOc3ccc(C(=O)O)cc3)c3ccc(Cl)cc3n2C(c2ccccc2)c2ccccc2)cn1C. The van der Waals surface area contributed by atoms with Gasteiger partial charge in [0.1, 0.15) is 11.6 Å². The van der Waals surface area contributed by atoms with E-state index in [1.807, 2.05) is 54.6 Å². The Kier molecular flexibility index (Phi) is 9.68. The molecule has 0 fully saturated rings. The van der Waals surface area contributed by atoms with Gasteiger partial charge in [0.2, 0.25) is 0 Å². The van der Waals surface area contributed by atoms with Gasteiger partial charge in [-0.15, -0.1) is 0 Å². The van der Waals surface area contributed by atoms with Crippen molar-refractivity contribution in [1.82, 2.24) is 18.8 Å². The predicted molar refractivity (Wildman–Crippen MR) is 187 cm³/mol. The van der Waals surface area contributed by atoms with E-state index in [4.69, 9.17) is 16.3 Å². The van der Waals surface area contributed by atoms with Crippen LogP contribution in [0.5, 0.6) is 5.75 Å². The van der Waals surface area contributed by atoms with E-state index in [0.29, 0.717) is 36.0 Å². The molecule has 0 saturated heterocycles. The minimum Gasteiger partial charge on any atom is -0.493 e. The van der Waals surface area contributed by atoms with Gasteiger partial charge in [0, 0.05) is 48.7 Å². The molecule has 0 radical (unpaired) electrons. The summed E-state index contributed by atoms with van der Waals surface area (Å²) in [6.45, 7) is 2.19. The van der Waals surface area contributed by atoms with Crippen LogP contribution in [0.25, 0.3) is 10.9 Å². The molecule has 0 spiro atoms. The number of aryl methyl sites for hydroxylation is 2. The number of carbonyl (C=O) groups is 1. The maximum absolute atomic E-state index is 13.3. The van der Waals surface area contributed by atoms with Gasteiger partial charge in [-0.3, -0.25) is 0 Å². The number of benzene rings is 4. The highest BCUT2D eigenvalue weighted by Crippen LogP contribution is 2.38. The second-order valence-corrected chi connectivity index (χ2v) is 13.6. The highest BCUT2D eigenvalue weighted by molar-refractivity contribution is 7.89. The Labute approximate surface area is 284 Å². The summed E-state index contributed by atoms with van der Waals surface area (Å²) in [5.74, 6) is 0.150. The monoisotopic (exact) mass is 682 g/mol. The zero-order valence-electron chi connectivity index (χ0n) is 26.5. The van der Waals surface area contributed by atoms with Gasteiger partial charge < -0.3 is 19.0 Å². The number of fused-ring (bicyclic) bond motifs is 1. The number of carboxylic acid groups (broad SMARTS) is 1. The second-order valence-electron chi connectivity index (χ2n) is 11.5. The van der Waals surface area contributed by atoms with Gasteiger partial charge in [-0.05, 0) is 60.0 Å². The lowest BCUT2D eigenvalue weighted by Crippen LogP contribution is -2.28. The molecular formula is C37H35ClN4O5S. The van der Waals surface area contributed by atoms with E-state index < -0.39 is 16.0 Å². The van der Waals surface area contributed by atoms with Crippen LogP contribution >= 0.6 is 11.6 Å². The molecule has 0 aliphatic heterocycles. The van der Waals surface area contributed by atoms with Crippen LogP contribution in [-0.2, 0) is 29.9 Å². The van der Waals surface area contributed by atoms with Crippen molar-refractivity contribution in [2.45, 2.75) is 30.8 Å². The summed E-state index contributed by atoms with van der Waals surface area (Å²) in [5.41, 5.74) is 5.17. The summed E-state index contributed by atoms with van der Waals surface area (Å²) in [6.07, 6.45) is 2.38. The summed E-state index contributed by atoms with van der Waals surface area (Å²) in [4.78, 5) is 15.5. The van der Waals surface area contributed by atoms with Crippen molar-refractivity contribution < 1.29 is 23.1 Å². The van der Waals surface area contributed by atoms with Crippen molar-refractivity contribution >= 4 is 38.5 Å². The van der Waals surface area contributed by atoms with E-state index in [9.17, 15) is 18.3 Å². The lowest BCUT2D eigenvalue weighted by atomic mass is 9.97. The van der Waals surface area contributed by atoms with Crippen LogP contribution in [0.4, 0.5) is 0 Å². The molecule has 11 heteroatoms. The van der Waals surface area contributed by atoms with Gasteiger partial charge in [-0.25, -0.2) is 22.9 Å². The predicted octanol–water partition coefficient (Wildman–Crippen LogP) is 6.82. The van der Waals surface area contributed by atoms with Crippen molar-refractivity contribution in [1.29, 1.82) is 0 Å². The summed E-state index contributed by atoms with van der Waals surface area (Å²) < 4.78 is 39.4. The average molecular weight is 683 g/mol. The van der Waals surface area contributed by atoms with Crippen LogP contribution in [0.15, 0.2) is 114 Å². The van der Waals surface area contributed by atoms with Crippen LogP contribution in [0.3, 0.4) is 0 Å². The van der Waals surface area contributed by atoms with E-state index in [2.05, 4.69) is 38.5 Å². The molecule has 6 aromatic rings. The van der Waals surface area contributed by atoms with Gasteiger partial charge in [-0.1, -0.05) is 78.3 Å². The number of sulfonamides is 1. The molecule has 0 saturated carbocycles. The maximum Gasteiger partial charge on any atom is 0.335 e. The van der Waals surface area contributed by atoms with Crippen LogP contribution in [0.1, 0.15) is 44.6 Å². The standard InChI is InChI=1S/C37H35ClN4O5S/c1-25-40-35(24-41(25)2)48(45,46)39-21-19-33-32(20-22-47-30-16-13-28(14-17-30)37(43)44)31-18-15-29(38)23-34(31)42(33)36(26-9-5-3-6-10-26)27-11-7-4-8-12-27/h3-18,23-24,36,39H,19-22H2,1-2H3,(H,43,44). The van der Waals surface area contributed by atoms with E-state index in [-0.39, 0.29) is 23.2 Å². The van der Waals surface area contributed by atoms with Gasteiger partial charge in [0.05, 0.1) is 23.7 Å². The Morgan fingerprint density at radius 2 is 1.58 bits per heavy atom. The molecule has 0 atom stereocenters. The van der Waals surface area contributed by atoms with Crippen LogP contribution in [-0.4, -0.2) is 46.8 Å². The van der Waals surface area contributed by atoms with Crippen molar-refractivity contribution in [2.75, 3.05) is 13.2 Å². The minimum absolute atomic E-state index is 0.0242. The second kappa shape index (κ2) is 14.1. The summed E-state index contributed by atoms with van der Waals surface area (Å²) >= 11 is 6.63. The highest BCUT2D eigenvalue weighted by Gasteiger charge is 2.26. The lowest BCUT2D eigenvalue weighted by Gasteiger charge is -2.25. The number of carboxylic acids is 1. The Morgan fingerprint density at radius 3 is 2.17 bits per heavy atom. The number of aromatic nitrogens is 3. The first-order valence-electron chi connectivity index (χ1n) is 15.5. The molecule has 246 valence electrons. The number of hydrogen-bond acceptors (Lipinski definition) is 5. The van der Waals surface area contributed by atoms with Crippen LogP contribution in [0.2, 0.25) is 5.02 Å². The molecule has 4 aromatic carbocycles. The van der Waals surface area contributed by atoms with E-state index in [0.717, 1.165) is 33.3 Å². The number of nitrogens with zero attached hydrogens (tertiary/aromatic N) is 3. The first kappa shape index (κ1) is 33.0. The number of aromatic carboxylic acids is 1. The molecule has 2 N–H and O–H groups in total. The topological polar surface area (TPSA) is 115 Å². The molecule has 0 bridgehead atoms. The van der Waals surface area contributed by atoms with E-state index >= 15 is 0 Å². The number of halogens is 1. The van der Waals surface area contributed by atoms with Crippen LogP contribution < -0.4 is 9.46 Å². The lowest BCUT2D eigenvalue weighted by molar-refractivity contribution is 0.0697. The fourth-order valence-corrected chi connectivity index (χ4v) is 7.24. The van der Waals surface area contributed by atoms with Crippen molar-refractivity contribution in [2.24, 2.45) is 7.05 Å². The number of hydrogen-bond donors (Lipinski definition) is 2. The zero-order chi connectivity index (χ0) is 33.8. The summed E-state index contributed by atoms with van der Waals surface area (Å²) in [6, 6.07) is 32.3. The van der Waals surface area contributed by atoms with Gasteiger partial charge in [0.15, 0.2) is 5.03 Å². The third-order valence-corrected chi connectivity index (χ3v) is 9.98. The van der Waals surface area contributed by atoms with Crippen molar-refractivity contribution in [3.8, 4) is 5.75 Å². The normalized spacial score (nSPS) is 11.8. The molecule has 0 aliphatic carbocycles. The van der Waals surface area contributed by atoms with E-state index in [1.165, 1.54) is 18.3 Å². The molecule has 2 aromatic heterocycles. The fourth-order valence-electron chi connectivity index (χ4n) is 6.01. The summed E-state index contributed by atoms with van der Waals surface area (Å²) in [5, 5.41) is 10.8. The molecule has 48 heavy (non-hydrogen) atoms. The minimum atomic E-state index is -3.86. The molecule has 9 nitrogen and oxygen atoms in total. The number of nitrogens with one attached hydrogen (secondary N) is 1. The molecule has 6 rings (SSSR count). The number of ether oxygens (including phenoxy) is 1. The quantitative estimate of drug-likeness (QED) is 0.138. The third-order valence-electron chi connectivity index (χ3n) is 8.41. The first-order valence-corrected chi connectivity index (χ1v) is 17.4. The molecule has 0 aliphatic rings. The Balaban J connectivity index is 1.43. The molecule has 0 unspecified atom stereocenters. The zero-order valence-corrected chi connectivity index (χ0v) is 28.1. The fraction of sp³-hybridized carbons (Fsp3) is 0.189. The smallest absolute Gasteiger partial charge is 0.335 e. The Bertz CT molecular complexity index is 2100. The Hall–Kier alpha value is -4.90. The number of imidazole rings is 1. The molecular weight excluding hydrogens is 648 g/mol. The largest absolute Gasteiger partial charge is 0.493 e. The maximum atomic E-state index is 13.3. The highest BCUT2D eigenvalue weighted by atomic mass is 35.5. The van der Waals surface area contributed by atoms with E-state index in [1.54, 1.807) is 30.7 Å². The van der Waals surface area contributed by atoms with Crippen molar-refractivity contribution in [3.05, 3.63) is 148 Å². The first-order chi connectivity index (χ1) is 23.1. The van der Waals surface area contributed by atoms with Crippen molar-refractivity contribution in [3.63, 3.8) is 0 Å². The average Bonchev–Trinajstić information content (AvgIpc) is 3.58. The van der Waals surface area contributed by atoms with Crippen LogP contribution in [0, 0.1) is 6.92 Å². The number of rotatable bonds is 13. The van der Waals surface area contributed by atoms with Gasteiger partial charge in [-0.2, -0.15) is 0 Å². The summed E-state index contributed by atoms with van der Waals surface area (Å²) in [7, 11) is -2.10. The van der Waals surface area contributed by atoms with Gasteiger partial charge >= 0.3 is 5.97 Å². The Morgan fingerprint density at radius 1 is 0.938 bits per heavy atom. The molecule has 0 amide bonds.